The van der Waals surface area contributed by atoms with Crippen molar-refractivity contribution < 1.29 is 14.3 Å². The van der Waals surface area contributed by atoms with Gasteiger partial charge < -0.3 is 10.4 Å². The molecule has 5 heteroatoms. The van der Waals surface area contributed by atoms with E-state index in [1.807, 2.05) is 13.8 Å². The fourth-order valence-electron chi connectivity index (χ4n) is 2.45. The number of pyridine rings is 1. The first-order valence-corrected chi connectivity index (χ1v) is 7.68. The molecule has 2 N–H and O–H groups in total. The van der Waals surface area contributed by atoms with E-state index >= 15 is 0 Å². The summed E-state index contributed by atoms with van der Waals surface area (Å²) >= 11 is 0. The summed E-state index contributed by atoms with van der Waals surface area (Å²) in [6.45, 7) is 3.80. The van der Waals surface area contributed by atoms with E-state index in [1.54, 1.807) is 30.6 Å². The van der Waals surface area contributed by atoms with Crippen LogP contribution in [0.1, 0.15) is 47.9 Å². The normalized spacial score (nSPS) is 13.4. The average Bonchev–Trinajstić information content (AvgIpc) is 2.55. The topological polar surface area (TPSA) is 62.2 Å². The fourth-order valence-corrected chi connectivity index (χ4v) is 2.45. The molecule has 0 radical (unpaired) electrons. The summed E-state index contributed by atoms with van der Waals surface area (Å²) in [7, 11) is 0. The van der Waals surface area contributed by atoms with Crippen LogP contribution in [0, 0.1) is 5.82 Å². The molecule has 23 heavy (non-hydrogen) atoms. The van der Waals surface area contributed by atoms with E-state index in [9.17, 15) is 14.3 Å². The SMILES string of the molecule is CCc1cnccc1C(=O)NC(C)CC(O)c1ccc(F)cc1. The number of hydrogen-bond acceptors (Lipinski definition) is 3. The number of benzene rings is 1. The Morgan fingerprint density at radius 1 is 1.30 bits per heavy atom. The highest BCUT2D eigenvalue weighted by Crippen LogP contribution is 2.19. The lowest BCUT2D eigenvalue weighted by Gasteiger charge is -2.19. The van der Waals surface area contributed by atoms with Crippen molar-refractivity contribution in [3.05, 3.63) is 65.2 Å². The third kappa shape index (κ3) is 4.60. The minimum Gasteiger partial charge on any atom is -0.388 e. The first-order chi connectivity index (χ1) is 11.0. The van der Waals surface area contributed by atoms with Crippen molar-refractivity contribution in [3.8, 4) is 0 Å². The molecular formula is C18H21FN2O2. The van der Waals surface area contributed by atoms with E-state index in [0.29, 0.717) is 17.5 Å². The molecule has 0 aliphatic carbocycles. The van der Waals surface area contributed by atoms with Gasteiger partial charge in [0.1, 0.15) is 5.82 Å². The molecule has 0 saturated carbocycles. The lowest BCUT2D eigenvalue weighted by Crippen LogP contribution is -2.34. The summed E-state index contributed by atoms with van der Waals surface area (Å²) in [5.41, 5.74) is 2.12. The van der Waals surface area contributed by atoms with E-state index in [4.69, 9.17) is 0 Å². The number of carbonyl (C=O) groups excluding carboxylic acids is 1. The van der Waals surface area contributed by atoms with Crippen LogP contribution in [-0.4, -0.2) is 22.0 Å². The summed E-state index contributed by atoms with van der Waals surface area (Å²) in [5, 5.41) is 13.1. The number of amides is 1. The number of aromatic nitrogens is 1. The Hall–Kier alpha value is -2.27. The van der Waals surface area contributed by atoms with E-state index in [1.165, 1.54) is 12.1 Å². The molecule has 1 heterocycles. The fraction of sp³-hybridized carbons (Fsp3) is 0.333. The number of aliphatic hydroxyl groups excluding tert-OH is 1. The lowest BCUT2D eigenvalue weighted by molar-refractivity contribution is 0.0916. The van der Waals surface area contributed by atoms with Crippen molar-refractivity contribution in [2.24, 2.45) is 0 Å². The van der Waals surface area contributed by atoms with Gasteiger partial charge in [-0.3, -0.25) is 9.78 Å². The van der Waals surface area contributed by atoms with Crippen molar-refractivity contribution in [2.45, 2.75) is 38.8 Å². The van der Waals surface area contributed by atoms with Gasteiger partial charge >= 0.3 is 0 Å². The third-order valence-corrected chi connectivity index (χ3v) is 3.74. The molecule has 2 unspecified atom stereocenters. The molecule has 1 aromatic heterocycles. The zero-order chi connectivity index (χ0) is 16.8. The van der Waals surface area contributed by atoms with Crippen molar-refractivity contribution in [1.82, 2.24) is 10.3 Å². The number of aliphatic hydroxyl groups is 1. The number of nitrogens with one attached hydrogen (secondary N) is 1. The summed E-state index contributed by atoms with van der Waals surface area (Å²) in [6, 6.07) is 7.19. The number of halogens is 1. The van der Waals surface area contributed by atoms with Gasteiger partial charge in [0.05, 0.1) is 6.10 Å². The summed E-state index contributed by atoms with van der Waals surface area (Å²) < 4.78 is 12.9. The zero-order valence-corrected chi connectivity index (χ0v) is 13.3. The maximum absolute atomic E-state index is 12.9. The number of hydrogen-bond donors (Lipinski definition) is 2. The maximum Gasteiger partial charge on any atom is 0.251 e. The predicted molar refractivity (Wildman–Crippen MR) is 86.5 cm³/mol. The standard InChI is InChI=1S/C18H21FN2O2/c1-3-13-11-20-9-8-16(13)18(23)21-12(2)10-17(22)14-4-6-15(19)7-5-14/h4-9,11-12,17,22H,3,10H2,1-2H3,(H,21,23). The van der Waals surface area contributed by atoms with Gasteiger partial charge in [0.2, 0.25) is 0 Å². The van der Waals surface area contributed by atoms with E-state index in [-0.39, 0.29) is 17.8 Å². The molecule has 1 aromatic carbocycles. The van der Waals surface area contributed by atoms with Gasteiger partial charge in [0.15, 0.2) is 0 Å². The average molecular weight is 316 g/mol. The van der Waals surface area contributed by atoms with Crippen molar-refractivity contribution in [1.29, 1.82) is 0 Å². The Morgan fingerprint density at radius 2 is 2.00 bits per heavy atom. The van der Waals surface area contributed by atoms with Gasteiger partial charge in [0.25, 0.3) is 5.91 Å². The van der Waals surface area contributed by atoms with Gasteiger partial charge in [-0.2, -0.15) is 0 Å². The first-order valence-electron chi connectivity index (χ1n) is 7.68. The van der Waals surface area contributed by atoms with Gasteiger partial charge in [-0.15, -0.1) is 0 Å². The number of aryl methyl sites for hydroxylation is 1. The van der Waals surface area contributed by atoms with Crippen molar-refractivity contribution in [3.63, 3.8) is 0 Å². The highest BCUT2D eigenvalue weighted by Gasteiger charge is 2.17. The molecule has 2 atom stereocenters. The molecular weight excluding hydrogens is 295 g/mol. The quantitative estimate of drug-likeness (QED) is 0.861. The summed E-state index contributed by atoms with van der Waals surface area (Å²) in [5.74, 6) is -0.518. The molecule has 122 valence electrons. The molecule has 0 aliphatic rings. The Balaban J connectivity index is 1.97. The summed E-state index contributed by atoms with van der Waals surface area (Å²) in [4.78, 5) is 16.3. The molecule has 0 bridgehead atoms. The minimum absolute atomic E-state index is 0.178. The maximum atomic E-state index is 12.9. The molecule has 0 spiro atoms. The van der Waals surface area contributed by atoms with Crippen LogP contribution in [0.25, 0.3) is 0 Å². The second-order valence-electron chi connectivity index (χ2n) is 5.56. The van der Waals surface area contributed by atoms with E-state index < -0.39 is 6.10 Å². The third-order valence-electron chi connectivity index (χ3n) is 3.74. The van der Waals surface area contributed by atoms with Gasteiger partial charge in [-0.25, -0.2) is 4.39 Å². The van der Waals surface area contributed by atoms with Crippen LogP contribution in [0.4, 0.5) is 4.39 Å². The first kappa shape index (κ1) is 17.1. The monoisotopic (exact) mass is 316 g/mol. The molecule has 2 aromatic rings. The second kappa shape index (κ2) is 7.83. The van der Waals surface area contributed by atoms with Crippen LogP contribution in [0.15, 0.2) is 42.7 Å². The molecule has 1 amide bonds. The van der Waals surface area contributed by atoms with Crippen LogP contribution in [0.2, 0.25) is 0 Å². The van der Waals surface area contributed by atoms with E-state index in [0.717, 1.165) is 12.0 Å². The van der Waals surface area contributed by atoms with E-state index in [2.05, 4.69) is 10.3 Å². The number of nitrogens with zero attached hydrogens (tertiary/aromatic N) is 1. The Morgan fingerprint density at radius 3 is 2.65 bits per heavy atom. The number of carbonyl (C=O) groups is 1. The van der Waals surface area contributed by atoms with Crippen LogP contribution < -0.4 is 5.32 Å². The highest BCUT2D eigenvalue weighted by atomic mass is 19.1. The van der Waals surface area contributed by atoms with Crippen LogP contribution >= 0.6 is 0 Å². The molecule has 0 aliphatic heterocycles. The smallest absolute Gasteiger partial charge is 0.251 e. The Bertz CT molecular complexity index is 658. The van der Waals surface area contributed by atoms with Crippen molar-refractivity contribution in [2.75, 3.05) is 0 Å². The molecule has 4 nitrogen and oxygen atoms in total. The van der Waals surface area contributed by atoms with Crippen LogP contribution in [-0.2, 0) is 6.42 Å². The number of rotatable bonds is 6. The molecule has 0 saturated heterocycles. The Labute approximate surface area is 135 Å². The molecule has 2 rings (SSSR count). The minimum atomic E-state index is -0.756. The highest BCUT2D eigenvalue weighted by molar-refractivity contribution is 5.95. The second-order valence-corrected chi connectivity index (χ2v) is 5.56. The van der Waals surface area contributed by atoms with Gasteiger partial charge in [0, 0.05) is 24.0 Å². The van der Waals surface area contributed by atoms with Crippen LogP contribution in [0.5, 0.6) is 0 Å². The van der Waals surface area contributed by atoms with Crippen molar-refractivity contribution >= 4 is 5.91 Å². The Kier molecular flexibility index (Phi) is 5.82. The zero-order valence-electron chi connectivity index (χ0n) is 13.3. The van der Waals surface area contributed by atoms with Crippen LogP contribution in [0.3, 0.4) is 0 Å². The van der Waals surface area contributed by atoms with Gasteiger partial charge in [-0.1, -0.05) is 19.1 Å². The predicted octanol–water partition coefficient (Wildman–Crippen LogP) is 3.03. The molecule has 0 fully saturated rings. The lowest BCUT2D eigenvalue weighted by atomic mass is 10.0. The summed E-state index contributed by atoms with van der Waals surface area (Å²) in [6.07, 6.45) is 3.60. The van der Waals surface area contributed by atoms with Gasteiger partial charge in [-0.05, 0) is 49.1 Å². The largest absolute Gasteiger partial charge is 0.388 e.